The van der Waals surface area contributed by atoms with Crippen molar-refractivity contribution in [3.63, 3.8) is 0 Å². The number of hydroxylamine groups is 2. The van der Waals surface area contributed by atoms with Crippen molar-refractivity contribution in [2.45, 2.75) is 49.8 Å². The van der Waals surface area contributed by atoms with Gasteiger partial charge in [0, 0.05) is 47.1 Å². The predicted octanol–water partition coefficient (Wildman–Crippen LogP) is 4.63. The summed E-state index contributed by atoms with van der Waals surface area (Å²) < 4.78 is 30.1. The Labute approximate surface area is 250 Å². The standard InChI is InChI=1S/C31H35N5O6S/c1-31(2,32-21-28(37)23-7-6-8-25(20-23)34-43(40,41)26-9-4-3-5-10-26)15-17-35-16-13-22-19-24(11-12-27(22)35)33-30(39)36-29(38)14-18-42-36/h3-13,16,19-20,28,32,34,37H,14-15,17-18,21H2,1-2H3,(H,33,39)/t28-/m0/s1. The number of rotatable bonds is 11. The summed E-state index contributed by atoms with van der Waals surface area (Å²) in [7, 11) is -3.74. The zero-order chi connectivity index (χ0) is 30.6. The Bertz CT molecular complexity index is 1720. The van der Waals surface area contributed by atoms with E-state index >= 15 is 0 Å². The highest BCUT2D eigenvalue weighted by Gasteiger charge is 2.28. The van der Waals surface area contributed by atoms with Crippen LogP contribution < -0.4 is 15.4 Å². The molecule has 43 heavy (non-hydrogen) atoms. The van der Waals surface area contributed by atoms with Crippen molar-refractivity contribution in [2.24, 2.45) is 0 Å². The van der Waals surface area contributed by atoms with Crippen LogP contribution in [0.2, 0.25) is 0 Å². The first-order valence-electron chi connectivity index (χ1n) is 14.0. The molecule has 5 rings (SSSR count). The molecule has 0 saturated carbocycles. The number of hydrogen-bond donors (Lipinski definition) is 4. The molecule has 0 spiro atoms. The molecule has 1 aliphatic rings. The first-order valence-corrected chi connectivity index (χ1v) is 15.5. The molecular formula is C31H35N5O6S. The number of imide groups is 1. The van der Waals surface area contributed by atoms with E-state index in [1.165, 1.54) is 12.1 Å². The Hall–Kier alpha value is -4.23. The van der Waals surface area contributed by atoms with Crippen molar-refractivity contribution < 1.29 is 28.0 Å². The number of aliphatic hydroxyl groups is 1. The summed E-state index contributed by atoms with van der Waals surface area (Å²) >= 11 is 0. The molecule has 4 N–H and O–H groups in total. The number of nitrogens with one attached hydrogen (secondary N) is 3. The van der Waals surface area contributed by atoms with Gasteiger partial charge in [0.2, 0.25) is 0 Å². The molecule has 4 aromatic rings. The van der Waals surface area contributed by atoms with E-state index in [1.807, 2.05) is 24.4 Å². The lowest BCUT2D eigenvalue weighted by molar-refractivity contribution is -0.146. The second-order valence-electron chi connectivity index (χ2n) is 11.1. The molecule has 1 aliphatic heterocycles. The minimum atomic E-state index is -3.74. The van der Waals surface area contributed by atoms with Gasteiger partial charge in [-0.2, -0.15) is 0 Å². The lowest BCUT2D eigenvalue weighted by Gasteiger charge is -2.28. The highest BCUT2D eigenvalue weighted by Crippen LogP contribution is 2.24. The van der Waals surface area contributed by atoms with Crippen LogP contribution in [0.15, 0.2) is 90.0 Å². The third-order valence-corrected chi connectivity index (χ3v) is 8.70. The number of aryl methyl sites for hydroxylation is 1. The van der Waals surface area contributed by atoms with Crippen molar-refractivity contribution >= 4 is 44.2 Å². The second-order valence-corrected chi connectivity index (χ2v) is 12.7. The molecule has 11 nitrogen and oxygen atoms in total. The van der Waals surface area contributed by atoms with Crippen LogP contribution in [0, 0.1) is 0 Å². The van der Waals surface area contributed by atoms with Crippen LogP contribution in [-0.2, 0) is 26.2 Å². The molecule has 3 aromatic carbocycles. The summed E-state index contributed by atoms with van der Waals surface area (Å²) in [4.78, 5) is 29.3. The van der Waals surface area contributed by atoms with Gasteiger partial charge < -0.3 is 20.3 Å². The van der Waals surface area contributed by atoms with Crippen molar-refractivity contribution in [3.8, 4) is 0 Å². The van der Waals surface area contributed by atoms with Crippen molar-refractivity contribution in [1.29, 1.82) is 0 Å². The van der Waals surface area contributed by atoms with Crippen LogP contribution in [0.25, 0.3) is 10.9 Å². The monoisotopic (exact) mass is 605 g/mol. The first-order chi connectivity index (χ1) is 20.5. The molecule has 2 heterocycles. The minimum absolute atomic E-state index is 0.164. The van der Waals surface area contributed by atoms with Gasteiger partial charge in [-0.1, -0.05) is 30.3 Å². The molecule has 0 aliphatic carbocycles. The van der Waals surface area contributed by atoms with Crippen molar-refractivity contribution in [1.82, 2.24) is 14.9 Å². The third kappa shape index (κ3) is 7.41. The van der Waals surface area contributed by atoms with Crippen LogP contribution in [0.4, 0.5) is 16.2 Å². The molecule has 1 aromatic heterocycles. The van der Waals surface area contributed by atoms with Gasteiger partial charge in [-0.3, -0.25) is 14.4 Å². The van der Waals surface area contributed by atoms with E-state index in [0.29, 0.717) is 23.5 Å². The molecule has 1 atom stereocenters. The smallest absolute Gasteiger partial charge is 0.353 e. The third-order valence-electron chi connectivity index (χ3n) is 7.30. The number of carbonyl (C=O) groups is 2. The van der Waals surface area contributed by atoms with Crippen LogP contribution in [0.3, 0.4) is 0 Å². The van der Waals surface area contributed by atoms with Gasteiger partial charge in [-0.25, -0.2) is 13.2 Å². The summed E-state index contributed by atoms with van der Waals surface area (Å²) in [5.74, 6) is -0.367. The van der Waals surface area contributed by atoms with Gasteiger partial charge in [0.05, 0.1) is 24.0 Å². The van der Waals surface area contributed by atoms with Crippen LogP contribution in [0.1, 0.15) is 38.4 Å². The zero-order valence-electron chi connectivity index (χ0n) is 24.0. The number of amides is 3. The fourth-order valence-electron chi connectivity index (χ4n) is 4.82. The Morgan fingerprint density at radius 2 is 1.81 bits per heavy atom. The SMILES string of the molecule is CC(C)(CCn1ccc2cc(NC(=O)N3OCCC3=O)ccc21)NC[C@H](O)c1cccc(NS(=O)(=O)c2ccccc2)c1. The van der Waals surface area contributed by atoms with E-state index in [0.717, 1.165) is 22.4 Å². The highest BCUT2D eigenvalue weighted by atomic mass is 32.2. The second kappa shape index (κ2) is 12.6. The van der Waals surface area contributed by atoms with Crippen molar-refractivity contribution in [3.05, 3.63) is 90.6 Å². The maximum atomic E-state index is 12.7. The number of β-amino-alcohol motifs (C(OH)–C–C–N with tert-alkyl or cyclic N) is 1. The Balaban J connectivity index is 1.15. The number of nitrogens with zero attached hydrogens (tertiary/aromatic N) is 2. The maximum absolute atomic E-state index is 12.7. The number of carbonyl (C=O) groups excluding carboxylic acids is 2. The molecule has 0 bridgehead atoms. The summed E-state index contributed by atoms with van der Waals surface area (Å²) in [6, 6.07) is 21.8. The quantitative estimate of drug-likeness (QED) is 0.195. The normalized spacial score (nSPS) is 14.7. The number of anilines is 2. The molecule has 3 amide bonds. The molecule has 1 saturated heterocycles. The number of urea groups is 1. The van der Waals surface area contributed by atoms with E-state index in [4.69, 9.17) is 4.84 Å². The fraction of sp³-hybridized carbons (Fsp3) is 0.290. The Morgan fingerprint density at radius 3 is 2.56 bits per heavy atom. The molecular weight excluding hydrogens is 570 g/mol. The number of hydrogen-bond acceptors (Lipinski definition) is 7. The van der Waals surface area contributed by atoms with Gasteiger partial charge in [0.25, 0.3) is 15.9 Å². The molecule has 226 valence electrons. The van der Waals surface area contributed by atoms with Gasteiger partial charge in [-0.05, 0) is 74.4 Å². The van der Waals surface area contributed by atoms with E-state index in [2.05, 4.69) is 33.8 Å². The topological polar surface area (TPSA) is 142 Å². The van der Waals surface area contributed by atoms with Crippen LogP contribution in [-0.4, -0.2) is 53.8 Å². The van der Waals surface area contributed by atoms with E-state index in [1.54, 1.807) is 48.5 Å². The molecule has 1 fully saturated rings. The van der Waals surface area contributed by atoms with Gasteiger partial charge in [-0.15, -0.1) is 5.06 Å². The lowest BCUT2D eigenvalue weighted by Crippen LogP contribution is -2.42. The van der Waals surface area contributed by atoms with Crippen molar-refractivity contribution in [2.75, 3.05) is 23.2 Å². The summed E-state index contributed by atoms with van der Waals surface area (Å²) in [6.07, 6.45) is 2.08. The fourth-order valence-corrected chi connectivity index (χ4v) is 5.89. The van der Waals surface area contributed by atoms with Crippen LogP contribution >= 0.6 is 0 Å². The van der Waals surface area contributed by atoms with Gasteiger partial charge in [0.1, 0.15) is 0 Å². The maximum Gasteiger partial charge on any atom is 0.353 e. The van der Waals surface area contributed by atoms with Gasteiger partial charge >= 0.3 is 6.03 Å². The van der Waals surface area contributed by atoms with E-state index in [9.17, 15) is 23.1 Å². The average Bonchev–Trinajstić information content (AvgIpc) is 3.61. The number of benzene rings is 3. The highest BCUT2D eigenvalue weighted by molar-refractivity contribution is 7.92. The first kappa shape index (κ1) is 30.2. The minimum Gasteiger partial charge on any atom is -0.387 e. The van der Waals surface area contributed by atoms with Gasteiger partial charge in [0.15, 0.2) is 0 Å². The predicted molar refractivity (Wildman–Crippen MR) is 164 cm³/mol. The number of aromatic nitrogens is 1. The summed E-state index contributed by atoms with van der Waals surface area (Å²) in [5.41, 5.74) is 2.21. The number of sulfonamides is 1. The zero-order valence-corrected chi connectivity index (χ0v) is 24.8. The average molecular weight is 606 g/mol. The largest absolute Gasteiger partial charge is 0.387 e. The number of fused-ring (bicyclic) bond motifs is 1. The molecule has 0 unspecified atom stereocenters. The Morgan fingerprint density at radius 1 is 1.02 bits per heavy atom. The number of aliphatic hydroxyl groups excluding tert-OH is 1. The molecule has 12 heteroatoms. The van der Waals surface area contributed by atoms with E-state index in [-0.39, 0.29) is 35.9 Å². The van der Waals surface area contributed by atoms with E-state index < -0.39 is 22.2 Å². The molecule has 0 radical (unpaired) electrons. The Kier molecular flexibility index (Phi) is 8.83. The van der Waals surface area contributed by atoms with Crippen LogP contribution in [0.5, 0.6) is 0 Å². The summed E-state index contributed by atoms with van der Waals surface area (Å²) in [6.45, 7) is 5.31. The lowest BCUT2D eigenvalue weighted by atomic mass is 9.99. The summed E-state index contributed by atoms with van der Waals surface area (Å²) in [5, 5.41) is 18.7.